The zero-order valence-corrected chi connectivity index (χ0v) is 23.3. The molecular weight excluding hydrogens is 516 g/mol. The number of carbonyl (C=O) groups excluding carboxylic acids is 5. The topological polar surface area (TPSA) is 214 Å². The van der Waals surface area contributed by atoms with Crippen LogP contribution >= 0.6 is 11.8 Å². The number of likely N-dealkylation sites (tertiary alicyclic amines) is 1. The summed E-state index contributed by atoms with van der Waals surface area (Å²) in [7, 11) is 0. The molecule has 0 aromatic carbocycles. The molecule has 13 nitrogen and oxygen atoms in total. The van der Waals surface area contributed by atoms with Crippen molar-refractivity contribution in [3.8, 4) is 0 Å². The molecule has 38 heavy (non-hydrogen) atoms. The summed E-state index contributed by atoms with van der Waals surface area (Å²) in [5.41, 5.74) is 11.2. The van der Waals surface area contributed by atoms with Crippen LogP contribution in [-0.2, 0) is 28.8 Å². The molecule has 1 aliphatic heterocycles. The van der Waals surface area contributed by atoms with Gasteiger partial charge in [-0.25, -0.2) is 0 Å². The molecule has 0 unspecified atom stereocenters. The summed E-state index contributed by atoms with van der Waals surface area (Å²) in [4.78, 5) is 76.0. The highest BCUT2D eigenvalue weighted by Crippen LogP contribution is 2.20. The van der Waals surface area contributed by atoms with Crippen LogP contribution in [0.1, 0.15) is 59.3 Å². The predicted molar refractivity (Wildman–Crippen MR) is 143 cm³/mol. The lowest BCUT2D eigenvalue weighted by Crippen LogP contribution is -2.59. The van der Waals surface area contributed by atoms with Gasteiger partial charge in [-0.3, -0.25) is 28.8 Å². The Labute approximate surface area is 227 Å². The zero-order valence-electron chi connectivity index (χ0n) is 22.5. The van der Waals surface area contributed by atoms with E-state index in [-0.39, 0.29) is 24.7 Å². The van der Waals surface area contributed by atoms with Gasteiger partial charge in [0.15, 0.2) is 0 Å². The number of rotatable bonds is 16. The number of carboxylic acid groups (broad SMARTS) is 1. The number of carbonyl (C=O) groups is 6. The molecule has 0 spiro atoms. The highest BCUT2D eigenvalue weighted by molar-refractivity contribution is 7.98. The number of thioether (sulfide) groups is 1. The molecule has 0 radical (unpaired) electrons. The molecule has 1 saturated heterocycles. The van der Waals surface area contributed by atoms with E-state index in [1.54, 1.807) is 18.7 Å². The van der Waals surface area contributed by atoms with Gasteiger partial charge >= 0.3 is 5.97 Å². The highest BCUT2D eigenvalue weighted by atomic mass is 32.2. The summed E-state index contributed by atoms with van der Waals surface area (Å²) >= 11 is 1.57. The molecule has 1 fully saturated rings. The van der Waals surface area contributed by atoms with Gasteiger partial charge in [0.25, 0.3) is 0 Å². The van der Waals surface area contributed by atoms with Gasteiger partial charge in [-0.05, 0) is 50.5 Å². The van der Waals surface area contributed by atoms with Gasteiger partial charge in [-0.1, -0.05) is 20.3 Å². The van der Waals surface area contributed by atoms with Crippen LogP contribution in [0.15, 0.2) is 0 Å². The minimum absolute atomic E-state index is 0.154. The first-order valence-electron chi connectivity index (χ1n) is 12.8. The second-order valence-electron chi connectivity index (χ2n) is 9.58. The number of hydrogen-bond donors (Lipinski definition) is 6. The largest absolute Gasteiger partial charge is 0.480 e. The maximum atomic E-state index is 13.3. The summed E-state index contributed by atoms with van der Waals surface area (Å²) < 4.78 is 0. The van der Waals surface area contributed by atoms with E-state index in [9.17, 15) is 28.8 Å². The number of nitrogens with zero attached hydrogens (tertiary/aromatic N) is 1. The van der Waals surface area contributed by atoms with Gasteiger partial charge in [0.2, 0.25) is 29.5 Å². The van der Waals surface area contributed by atoms with E-state index in [0.717, 1.165) is 0 Å². The average molecular weight is 559 g/mol. The third kappa shape index (κ3) is 10.1. The number of hydrogen-bond acceptors (Lipinski definition) is 8. The maximum absolute atomic E-state index is 13.3. The second-order valence-corrected chi connectivity index (χ2v) is 10.6. The number of aliphatic carboxylic acids is 1. The standard InChI is InChI=1S/C24H42N6O7S/c1-5-13(2)19(22(34)28-16(8-9-18(26)31)20(32)27-14(3)24(36)37)29-21(33)17-7-6-11-30(17)23(35)15(25)10-12-38-4/h13-17,19H,5-12,25H2,1-4H3,(H2,26,31)(H,27,32)(H,28,34)(H,29,33)(H,36,37)/t13-,14-,15-,16-,17-,19-/m0/s1. The average Bonchev–Trinajstić information content (AvgIpc) is 3.36. The van der Waals surface area contributed by atoms with Crippen LogP contribution in [0.5, 0.6) is 0 Å². The minimum Gasteiger partial charge on any atom is -0.480 e. The smallest absolute Gasteiger partial charge is 0.325 e. The Bertz CT molecular complexity index is 873. The SMILES string of the molecule is CC[C@H](C)[C@H](NC(=O)[C@@H]1CCCN1C(=O)[C@@H](N)CCSC)C(=O)N[C@@H](CCC(N)=O)C(=O)N[C@@H](C)C(=O)O. The molecule has 6 atom stereocenters. The van der Waals surface area contributed by atoms with Crippen molar-refractivity contribution in [3.05, 3.63) is 0 Å². The maximum Gasteiger partial charge on any atom is 0.325 e. The fourth-order valence-corrected chi connectivity index (χ4v) is 4.52. The van der Waals surface area contributed by atoms with Gasteiger partial charge < -0.3 is 37.4 Å². The molecule has 216 valence electrons. The first kappa shape index (κ1) is 33.2. The van der Waals surface area contributed by atoms with E-state index in [0.29, 0.717) is 38.0 Å². The van der Waals surface area contributed by atoms with Gasteiger partial charge in [-0.2, -0.15) is 11.8 Å². The molecule has 1 heterocycles. The lowest BCUT2D eigenvalue weighted by Gasteiger charge is -2.30. The highest BCUT2D eigenvalue weighted by Gasteiger charge is 2.38. The number of primary amides is 1. The zero-order chi connectivity index (χ0) is 29.0. The van der Waals surface area contributed by atoms with Crippen LogP contribution in [0.4, 0.5) is 0 Å². The Kier molecular flexibility index (Phi) is 14.1. The van der Waals surface area contributed by atoms with Crippen molar-refractivity contribution in [2.24, 2.45) is 17.4 Å². The molecule has 0 saturated carbocycles. The summed E-state index contributed by atoms with van der Waals surface area (Å²) in [5, 5.41) is 16.6. The fraction of sp³-hybridized carbons (Fsp3) is 0.750. The van der Waals surface area contributed by atoms with Crippen molar-refractivity contribution in [1.29, 1.82) is 0 Å². The molecule has 1 rings (SSSR count). The van der Waals surface area contributed by atoms with Crippen molar-refractivity contribution in [1.82, 2.24) is 20.9 Å². The lowest BCUT2D eigenvalue weighted by molar-refractivity contribution is -0.142. The van der Waals surface area contributed by atoms with Crippen molar-refractivity contribution in [3.63, 3.8) is 0 Å². The van der Waals surface area contributed by atoms with Gasteiger partial charge in [0.1, 0.15) is 24.2 Å². The molecule has 1 aliphatic rings. The molecular formula is C24H42N6O7S. The second kappa shape index (κ2) is 16.2. The normalized spacial score (nSPS) is 19.0. The van der Waals surface area contributed by atoms with Crippen LogP contribution in [0.3, 0.4) is 0 Å². The third-order valence-corrected chi connectivity index (χ3v) is 7.27. The quantitative estimate of drug-likeness (QED) is 0.136. The molecule has 14 heteroatoms. The van der Waals surface area contributed by atoms with Crippen LogP contribution < -0.4 is 27.4 Å². The van der Waals surface area contributed by atoms with Crippen molar-refractivity contribution >= 4 is 47.3 Å². The van der Waals surface area contributed by atoms with E-state index >= 15 is 0 Å². The third-order valence-electron chi connectivity index (χ3n) is 6.62. The van der Waals surface area contributed by atoms with Crippen LogP contribution in [0, 0.1) is 5.92 Å². The molecule has 0 aliphatic carbocycles. The van der Waals surface area contributed by atoms with E-state index < -0.39 is 59.8 Å². The lowest BCUT2D eigenvalue weighted by atomic mass is 9.97. The Morgan fingerprint density at radius 2 is 1.71 bits per heavy atom. The van der Waals surface area contributed by atoms with Gasteiger partial charge in [0.05, 0.1) is 6.04 Å². The number of nitrogens with one attached hydrogen (secondary N) is 3. The molecule has 5 amide bonds. The molecule has 0 aromatic rings. The fourth-order valence-electron chi connectivity index (χ4n) is 4.03. The van der Waals surface area contributed by atoms with E-state index in [1.807, 2.05) is 13.2 Å². The van der Waals surface area contributed by atoms with Crippen molar-refractivity contribution in [2.45, 2.75) is 89.5 Å². The summed E-state index contributed by atoms with van der Waals surface area (Å²) in [5.74, 6) is -3.87. The minimum atomic E-state index is -1.27. The Morgan fingerprint density at radius 3 is 2.26 bits per heavy atom. The van der Waals surface area contributed by atoms with E-state index in [1.165, 1.54) is 11.8 Å². The summed E-state index contributed by atoms with van der Waals surface area (Å²) in [6.07, 6.45) is 3.58. The number of nitrogens with two attached hydrogens (primary N) is 2. The predicted octanol–water partition coefficient (Wildman–Crippen LogP) is -1.07. The summed E-state index contributed by atoms with van der Waals surface area (Å²) in [6.45, 7) is 5.24. The first-order valence-corrected chi connectivity index (χ1v) is 14.2. The Balaban J connectivity index is 3.03. The van der Waals surface area contributed by atoms with E-state index in [2.05, 4.69) is 16.0 Å². The monoisotopic (exact) mass is 558 g/mol. The van der Waals surface area contributed by atoms with Crippen molar-refractivity contribution in [2.75, 3.05) is 18.6 Å². The van der Waals surface area contributed by atoms with Crippen LogP contribution in [0.25, 0.3) is 0 Å². The number of carboxylic acids is 1. The molecule has 0 bridgehead atoms. The molecule has 0 aromatic heterocycles. The first-order chi connectivity index (χ1) is 17.8. The Morgan fingerprint density at radius 1 is 1.05 bits per heavy atom. The number of amides is 5. The molecule has 8 N–H and O–H groups in total. The van der Waals surface area contributed by atoms with Crippen LogP contribution in [0.2, 0.25) is 0 Å². The summed E-state index contributed by atoms with van der Waals surface area (Å²) in [6, 6.07) is -5.02. The van der Waals surface area contributed by atoms with Crippen molar-refractivity contribution < 1.29 is 33.9 Å². The van der Waals surface area contributed by atoms with Gasteiger partial charge in [-0.15, -0.1) is 0 Å². The van der Waals surface area contributed by atoms with E-state index in [4.69, 9.17) is 16.6 Å². The van der Waals surface area contributed by atoms with Crippen LogP contribution in [-0.4, -0.2) is 94.3 Å². The Hall–Kier alpha value is -2.87. The van der Waals surface area contributed by atoms with Gasteiger partial charge in [0, 0.05) is 13.0 Å².